The molecule has 1 aromatic carbocycles. The number of nitrogens with zero attached hydrogens (tertiary/aromatic N) is 1. The summed E-state index contributed by atoms with van der Waals surface area (Å²) in [5.74, 6) is -1.11. The van der Waals surface area contributed by atoms with Gasteiger partial charge in [0.2, 0.25) is 5.91 Å². The van der Waals surface area contributed by atoms with E-state index < -0.39 is 11.2 Å². The van der Waals surface area contributed by atoms with Gasteiger partial charge in [0, 0.05) is 12.1 Å². The summed E-state index contributed by atoms with van der Waals surface area (Å²) in [7, 11) is 0. The summed E-state index contributed by atoms with van der Waals surface area (Å²) < 4.78 is 12.7. The molecule has 1 atom stereocenters. The predicted molar refractivity (Wildman–Crippen MR) is 67.7 cm³/mol. The highest BCUT2D eigenvalue weighted by Gasteiger charge is 2.29. The Labute approximate surface area is 107 Å². The molecule has 3 N–H and O–H groups in total. The van der Waals surface area contributed by atoms with Crippen molar-refractivity contribution in [3.05, 3.63) is 30.1 Å². The molecule has 1 aromatic rings. The fourth-order valence-electron chi connectivity index (χ4n) is 1.45. The van der Waals surface area contributed by atoms with Gasteiger partial charge in [-0.15, -0.1) is 0 Å². The average molecular weight is 267 g/mol. The number of amidine groups is 1. The first-order valence-electron chi connectivity index (χ1n) is 5.14. The Morgan fingerprint density at radius 2 is 2.11 bits per heavy atom. The Bertz CT molecular complexity index is 516. The number of halogens is 1. The zero-order valence-electron chi connectivity index (χ0n) is 9.22. The standard InChI is InChI=1S/C11H10FN3O2S/c12-6-1-3-7(4-2-6)14-9(16)5-8-10(17)15-11(13)18-8/h1-4,8H,5H2,(H,14,16)(H2,13,15,17)/t8-/m0/s1. The Morgan fingerprint density at radius 1 is 1.44 bits per heavy atom. The van der Waals surface area contributed by atoms with Crippen LogP contribution in [0.2, 0.25) is 0 Å². The van der Waals surface area contributed by atoms with Crippen molar-refractivity contribution in [2.45, 2.75) is 11.7 Å². The number of nitrogens with one attached hydrogen (secondary N) is 1. The first kappa shape index (κ1) is 12.6. The molecule has 7 heteroatoms. The molecule has 1 aliphatic heterocycles. The van der Waals surface area contributed by atoms with Crippen molar-refractivity contribution < 1.29 is 14.0 Å². The maximum atomic E-state index is 12.7. The molecule has 0 aliphatic carbocycles. The molecule has 0 unspecified atom stereocenters. The number of carbonyl (C=O) groups excluding carboxylic acids is 2. The first-order valence-corrected chi connectivity index (χ1v) is 6.02. The molecule has 0 bridgehead atoms. The molecular formula is C11H10FN3O2S. The summed E-state index contributed by atoms with van der Waals surface area (Å²) in [6, 6.07) is 5.38. The summed E-state index contributed by atoms with van der Waals surface area (Å²) in [4.78, 5) is 26.5. The lowest BCUT2D eigenvalue weighted by atomic mass is 10.2. The van der Waals surface area contributed by atoms with Gasteiger partial charge >= 0.3 is 0 Å². The van der Waals surface area contributed by atoms with Gasteiger partial charge in [0.25, 0.3) is 5.91 Å². The van der Waals surface area contributed by atoms with Crippen molar-refractivity contribution in [1.82, 2.24) is 0 Å². The van der Waals surface area contributed by atoms with Crippen LogP contribution < -0.4 is 11.1 Å². The lowest BCUT2D eigenvalue weighted by molar-refractivity contribution is -0.121. The van der Waals surface area contributed by atoms with E-state index in [4.69, 9.17) is 5.73 Å². The summed E-state index contributed by atoms with van der Waals surface area (Å²) in [5.41, 5.74) is 5.86. The van der Waals surface area contributed by atoms with E-state index in [2.05, 4.69) is 10.3 Å². The van der Waals surface area contributed by atoms with Crippen molar-refractivity contribution in [2.75, 3.05) is 5.32 Å². The van der Waals surface area contributed by atoms with Crippen LogP contribution in [0.3, 0.4) is 0 Å². The second kappa shape index (κ2) is 5.18. The second-order valence-corrected chi connectivity index (χ2v) is 4.88. The number of hydrogen-bond donors (Lipinski definition) is 2. The molecule has 1 heterocycles. The van der Waals surface area contributed by atoms with Crippen molar-refractivity contribution in [2.24, 2.45) is 10.7 Å². The molecule has 1 aliphatic rings. The number of nitrogens with two attached hydrogens (primary N) is 1. The van der Waals surface area contributed by atoms with Crippen molar-refractivity contribution >= 4 is 34.4 Å². The quantitative estimate of drug-likeness (QED) is 0.859. The highest BCUT2D eigenvalue weighted by atomic mass is 32.2. The smallest absolute Gasteiger partial charge is 0.262 e. The molecule has 0 fully saturated rings. The number of thioether (sulfide) groups is 1. The van der Waals surface area contributed by atoms with E-state index in [0.717, 1.165) is 11.8 Å². The largest absolute Gasteiger partial charge is 0.378 e. The van der Waals surface area contributed by atoms with Gasteiger partial charge in [-0.2, -0.15) is 4.99 Å². The van der Waals surface area contributed by atoms with E-state index in [1.807, 2.05) is 0 Å². The number of hydrogen-bond acceptors (Lipinski definition) is 4. The van der Waals surface area contributed by atoms with Crippen LogP contribution in [0, 0.1) is 5.82 Å². The average Bonchev–Trinajstić information content (AvgIpc) is 2.61. The second-order valence-electron chi connectivity index (χ2n) is 3.65. The molecular weight excluding hydrogens is 257 g/mol. The fourth-order valence-corrected chi connectivity index (χ4v) is 2.27. The van der Waals surface area contributed by atoms with Gasteiger partial charge in [0.1, 0.15) is 11.1 Å². The topological polar surface area (TPSA) is 84.5 Å². The molecule has 2 rings (SSSR count). The number of anilines is 1. The predicted octanol–water partition coefficient (Wildman–Crippen LogP) is 1.11. The maximum Gasteiger partial charge on any atom is 0.262 e. The van der Waals surface area contributed by atoms with Crippen LogP contribution in [0.4, 0.5) is 10.1 Å². The zero-order valence-corrected chi connectivity index (χ0v) is 10.0. The van der Waals surface area contributed by atoms with Crippen LogP contribution in [0.25, 0.3) is 0 Å². The van der Waals surface area contributed by atoms with Gasteiger partial charge in [-0.3, -0.25) is 9.59 Å². The highest BCUT2D eigenvalue weighted by Crippen LogP contribution is 2.23. The van der Waals surface area contributed by atoms with Crippen LogP contribution >= 0.6 is 11.8 Å². The van der Waals surface area contributed by atoms with Gasteiger partial charge in [0.15, 0.2) is 5.17 Å². The molecule has 2 amide bonds. The van der Waals surface area contributed by atoms with E-state index in [1.165, 1.54) is 24.3 Å². The van der Waals surface area contributed by atoms with Crippen LogP contribution in [0.1, 0.15) is 6.42 Å². The lowest BCUT2D eigenvalue weighted by Gasteiger charge is -2.07. The fraction of sp³-hybridized carbons (Fsp3) is 0.182. The molecule has 0 saturated heterocycles. The van der Waals surface area contributed by atoms with E-state index in [-0.39, 0.29) is 23.3 Å². The number of carbonyl (C=O) groups is 2. The Kier molecular flexibility index (Phi) is 3.61. The first-order chi connectivity index (χ1) is 8.54. The lowest BCUT2D eigenvalue weighted by Crippen LogP contribution is -2.21. The Hall–Kier alpha value is -1.89. The van der Waals surface area contributed by atoms with Gasteiger partial charge in [-0.1, -0.05) is 11.8 Å². The monoisotopic (exact) mass is 267 g/mol. The van der Waals surface area contributed by atoms with Crippen LogP contribution in [0.5, 0.6) is 0 Å². The minimum atomic E-state index is -0.564. The van der Waals surface area contributed by atoms with Gasteiger partial charge in [0.05, 0.1) is 0 Å². The van der Waals surface area contributed by atoms with E-state index in [9.17, 15) is 14.0 Å². The Morgan fingerprint density at radius 3 is 2.67 bits per heavy atom. The van der Waals surface area contributed by atoms with Crippen molar-refractivity contribution in [1.29, 1.82) is 0 Å². The number of benzene rings is 1. The Balaban J connectivity index is 1.90. The summed E-state index contributed by atoms with van der Waals surface area (Å²) >= 11 is 1.07. The number of rotatable bonds is 3. The van der Waals surface area contributed by atoms with Gasteiger partial charge in [-0.25, -0.2) is 4.39 Å². The molecule has 0 spiro atoms. The zero-order chi connectivity index (χ0) is 13.1. The van der Waals surface area contributed by atoms with E-state index in [1.54, 1.807) is 0 Å². The molecule has 0 aromatic heterocycles. The van der Waals surface area contributed by atoms with E-state index in [0.29, 0.717) is 5.69 Å². The van der Waals surface area contributed by atoms with Crippen molar-refractivity contribution in [3.63, 3.8) is 0 Å². The minimum Gasteiger partial charge on any atom is -0.378 e. The minimum absolute atomic E-state index is 0.00885. The van der Waals surface area contributed by atoms with E-state index >= 15 is 0 Å². The van der Waals surface area contributed by atoms with Crippen molar-refractivity contribution in [3.8, 4) is 0 Å². The normalized spacial score (nSPS) is 18.6. The third-order valence-electron chi connectivity index (χ3n) is 2.26. The molecule has 94 valence electrons. The molecule has 5 nitrogen and oxygen atoms in total. The molecule has 0 saturated carbocycles. The van der Waals surface area contributed by atoms with Crippen LogP contribution in [-0.2, 0) is 9.59 Å². The summed E-state index contributed by atoms with van der Waals surface area (Å²) in [5, 5.41) is 2.18. The highest BCUT2D eigenvalue weighted by molar-refractivity contribution is 8.15. The van der Waals surface area contributed by atoms with Gasteiger partial charge in [-0.05, 0) is 24.3 Å². The summed E-state index contributed by atoms with van der Waals surface area (Å²) in [6.45, 7) is 0. The number of aliphatic imine (C=N–C) groups is 1. The SMILES string of the molecule is NC1=NC(=O)[C@H](CC(=O)Nc2ccc(F)cc2)S1. The molecule has 0 radical (unpaired) electrons. The third-order valence-corrected chi connectivity index (χ3v) is 3.24. The maximum absolute atomic E-state index is 12.7. The number of amides is 2. The summed E-state index contributed by atoms with van der Waals surface area (Å²) in [6.07, 6.45) is -0.00885. The molecule has 18 heavy (non-hydrogen) atoms. The third kappa shape index (κ3) is 3.07. The van der Waals surface area contributed by atoms with Crippen LogP contribution in [0.15, 0.2) is 29.3 Å². The van der Waals surface area contributed by atoms with Gasteiger partial charge < -0.3 is 11.1 Å². The van der Waals surface area contributed by atoms with Crippen LogP contribution in [-0.4, -0.2) is 22.2 Å².